The SMILES string of the molecule is C[C@H](O)C[C@H]1CCC[C@H](C[C@@H](C)O)N1. The van der Waals surface area contributed by atoms with E-state index in [9.17, 15) is 10.2 Å². The van der Waals surface area contributed by atoms with E-state index in [1.165, 1.54) is 6.42 Å². The first-order valence-electron chi connectivity index (χ1n) is 5.70. The molecule has 0 aromatic carbocycles. The Morgan fingerprint density at radius 3 is 1.86 bits per heavy atom. The Morgan fingerprint density at radius 1 is 1.07 bits per heavy atom. The third-order valence-electron chi connectivity index (χ3n) is 2.83. The molecule has 0 bridgehead atoms. The van der Waals surface area contributed by atoms with Crippen LogP contribution in [0.25, 0.3) is 0 Å². The lowest BCUT2D eigenvalue weighted by atomic mass is 9.92. The van der Waals surface area contributed by atoms with Gasteiger partial charge in [-0.3, -0.25) is 0 Å². The third-order valence-corrected chi connectivity index (χ3v) is 2.83. The fraction of sp³-hybridized carbons (Fsp3) is 1.00. The number of hydrogen-bond acceptors (Lipinski definition) is 3. The van der Waals surface area contributed by atoms with Gasteiger partial charge in [-0.05, 0) is 39.5 Å². The second kappa shape index (κ2) is 5.69. The summed E-state index contributed by atoms with van der Waals surface area (Å²) in [6, 6.07) is 0.875. The number of aliphatic hydroxyl groups excluding tert-OH is 2. The van der Waals surface area contributed by atoms with Crippen LogP contribution in [0, 0.1) is 0 Å². The highest BCUT2D eigenvalue weighted by Crippen LogP contribution is 2.19. The molecule has 0 unspecified atom stereocenters. The minimum absolute atomic E-state index is 0.224. The van der Waals surface area contributed by atoms with Crippen LogP contribution < -0.4 is 5.32 Å². The maximum atomic E-state index is 9.28. The molecule has 0 saturated carbocycles. The van der Waals surface area contributed by atoms with Crippen LogP contribution in [0.1, 0.15) is 46.0 Å². The molecule has 0 radical (unpaired) electrons. The molecule has 3 N–H and O–H groups in total. The van der Waals surface area contributed by atoms with Gasteiger partial charge >= 0.3 is 0 Å². The average molecular weight is 201 g/mol. The molecular weight excluding hydrogens is 178 g/mol. The summed E-state index contributed by atoms with van der Waals surface area (Å²) in [5.74, 6) is 0. The van der Waals surface area contributed by atoms with Crippen molar-refractivity contribution in [3.8, 4) is 0 Å². The van der Waals surface area contributed by atoms with Crippen LogP contribution in [0.2, 0.25) is 0 Å². The maximum Gasteiger partial charge on any atom is 0.0526 e. The average Bonchev–Trinajstić information content (AvgIpc) is 2.01. The van der Waals surface area contributed by atoms with Crippen molar-refractivity contribution >= 4 is 0 Å². The van der Waals surface area contributed by atoms with E-state index in [0.29, 0.717) is 12.1 Å². The van der Waals surface area contributed by atoms with Gasteiger partial charge in [0.2, 0.25) is 0 Å². The second-order valence-electron chi connectivity index (χ2n) is 4.66. The van der Waals surface area contributed by atoms with Crippen molar-refractivity contribution in [2.75, 3.05) is 0 Å². The standard InChI is InChI=1S/C11H23NO2/c1-8(13)6-10-4-3-5-11(12-10)7-9(2)14/h8-14H,3-7H2,1-2H3/t8-,9+,10-,11-/m1/s1. The second-order valence-corrected chi connectivity index (χ2v) is 4.66. The molecular formula is C11H23NO2. The Morgan fingerprint density at radius 2 is 1.50 bits per heavy atom. The summed E-state index contributed by atoms with van der Waals surface area (Å²) < 4.78 is 0. The lowest BCUT2D eigenvalue weighted by Crippen LogP contribution is -2.44. The molecule has 1 aliphatic heterocycles. The highest BCUT2D eigenvalue weighted by molar-refractivity contribution is 4.82. The van der Waals surface area contributed by atoms with Gasteiger partial charge in [-0.25, -0.2) is 0 Å². The smallest absolute Gasteiger partial charge is 0.0526 e. The van der Waals surface area contributed by atoms with Crippen LogP contribution >= 0.6 is 0 Å². The fourth-order valence-electron chi connectivity index (χ4n) is 2.31. The van der Waals surface area contributed by atoms with E-state index in [2.05, 4.69) is 5.32 Å². The first-order valence-corrected chi connectivity index (χ1v) is 5.70. The first-order chi connectivity index (χ1) is 6.58. The summed E-state index contributed by atoms with van der Waals surface area (Å²) >= 11 is 0. The Hall–Kier alpha value is -0.120. The summed E-state index contributed by atoms with van der Waals surface area (Å²) in [6.07, 6.45) is 4.73. The van der Waals surface area contributed by atoms with E-state index in [1.807, 2.05) is 13.8 Å². The van der Waals surface area contributed by atoms with Gasteiger partial charge in [0.25, 0.3) is 0 Å². The van der Waals surface area contributed by atoms with Gasteiger partial charge in [-0.1, -0.05) is 6.42 Å². The highest BCUT2D eigenvalue weighted by Gasteiger charge is 2.22. The molecule has 3 nitrogen and oxygen atoms in total. The molecule has 1 fully saturated rings. The van der Waals surface area contributed by atoms with E-state index >= 15 is 0 Å². The van der Waals surface area contributed by atoms with Crippen LogP contribution in [0.3, 0.4) is 0 Å². The predicted octanol–water partition coefficient (Wildman–Crippen LogP) is 1.04. The zero-order valence-electron chi connectivity index (χ0n) is 9.24. The molecule has 1 aliphatic rings. The Kier molecular flexibility index (Phi) is 4.85. The zero-order chi connectivity index (χ0) is 10.6. The molecule has 14 heavy (non-hydrogen) atoms. The topological polar surface area (TPSA) is 52.5 Å². The van der Waals surface area contributed by atoms with Crippen LogP contribution in [0.4, 0.5) is 0 Å². The van der Waals surface area contributed by atoms with Crippen molar-refractivity contribution in [3.05, 3.63) is 0 Å². The van der Waals surface area contributed by atoms with Gasteiger partial charge in [-0.15, -0.1) is 0 Å². The van der Waals surface area contributed by atoms with Crippen LogP contribution in [-0.4, -0.2) is 34.5 Å². The molecule has 3 heteroatoms. The predicted molar refractivity (Wildman–Crippen MR) is 57.2 cm³/mol. The van der Waals surface area contributed by atoms with Gasteiger partial charge in [0.15, 0.2) is 0 Å². The molecule has 1 heterocycles. The first kappa shape index (κ1) is 12.0. The fourth-order valence-corrected chi connectivity index (χ4v) is 2.31. The number of piperidine rings is 1. The van der Waals surface area contributed by atoms with E-state index in [1.54, 1.807) is 0 Å². The Balaban J connectivity index is 2.28. The lowest BCUT2D eigenvalue weighted by molar-refractivity contribution is 0.130. The summed E-state index contributed by atoms with van der Waals surface area (Å²) in [5, 5.41) is 22.1. The van der Waals surface area contributed by atoms with Gasteiger partial charge in [0.05, 0.1) is 12.2 Å². The molecule has 1 saturated heterocycles. The van der Waals surface area contributed by atoms with Crippen LogP contribution in [0.15, 0.2) is 0 Å². The van der Waals surface area contributed by atoms with E-state index < -0.39 is 0 Å². The summed E-state index contributed by atoms with van der Waals surface area (Å²) in [6.45, 7) is 3.67. The normalized spacial score (nSPS) is 32.6. The molecule has 0 aromatic heterocycles. The minimum Gasteiger partial charge on any atom is -0.393 e. The zero-order valence-corrected chi connectivity index (χ0v) is 9.24. The molecule has 0 aromatic rings. The summed E-state index contributed by atoms with van der Waals surface area (Å²) in [7, 11) is 0. The van der Waals surface area contributed by atoms with E-state index in [0.717, 1.165) is 25.7 Å². The van der Waals surface area contributed by atoms with E-state index in [-0.39, 0.29) is 12.2 Å². The lowest BCUT2D eigenvalue weighted by Gasteiger charge is -2.32. The number of rotatable bonds is 4. The van der Waals surface area contributed by atoms with Gasteiger partial charge in [-0.2, -0.15) is 0 Å². The van der Waals surface area contributed by atoms with Gasteiger partial charge < -0.3 is 15.5 Å². The van der Waals surface area contributed by atoms with Crippen molar-refractivity contribution in [2.45, 2.75) is 70.2 Å². The molecule has 0 aliphatic carbocycles. The Labute approximate surface area is 86.5 Å². The maximum absolute atomic E-state index is 9.28. The van der Waals surface area contributed by atoms with Crippen molar-refractivity contribution in [1.29, 1.82) is 0 Å². The van der Waals surface area contributed by atoms with Gasteiger partial charge in [0, 0.05) is 12.1 Å². The molecule has 4 atom stereocenters. The van der Waals surface area contributed by atoms with Crippen molar-refractivity contribution < 1.29 is 10.2 Å². The van der Waals surface area contributed by atoms with Crippen molar-refractivity contribution in [2.24, 2.45) is 0 Å². The van der Waals surface area contributed by atoms with E-state index in [4.69, 9.17) is 0 Å². The summed E-state index contributed by atoms with van der Waals surface area (Å²) in [4.78, 5) is 0. The van der Waals surface area contributed by atoms with Crippen molar-refractivity contribution in [3.63, 3.8) is 0 Å². The molecule has 1 rings (SSSR count). The largest absolute Gasteiger partial charge is 0.393 e. The number of aliphatic hydroxyl groups is 2. The number of nitrogens with one attached hydrogen (secondary N) is 1. The molecule has 0 spiro atoms. The van der Waals surface area contributed by atoms with Crippen molar-refractivity contribution in [1.82, 2.24) is 5.32 Å². The highest BCUT2D eigenvalue weighted by atomic mass is 16.3. The summed E-state index contributed by atoms with van der Waals surface area (Å²) in [5.41, 5.74) is 0. The van der Waals surface area contributed by atoms with Crippen LogP contribution in [0.5, 0.6) is 0 Å². The molecule has 0 amide bonds. The molecule has 84 valence electrons. The van der Waals surface area contributed by atoms with Crippen LogP contribution in [-0.2, 0) is 0 Å². The Bertz CT molecular complexity index is 143. The monoisotopic (exact) mass is 201 g/mol. The minimum atomic E-state index is -0.224. The quantitative estimate of drug-likeness (QED) is 0.637. The third kappa shape index (κ3) is 4.40. The number of hydrogen-bond donors (Lipinski definition) is 3. The van der Waals surface area contributed by atoms with Gasteiger partial charge in [0.1, 0.15) is 0 Å².